The third kappa shape index (κ3) is 2.35. The first-order chi connectivity index (χ1) is 10.8. The first kappa shape index (κ1) is 13.3. The Labute approximate surface area is 129 Å². The molecule has 0 aromatic carbocycles. The highest BCUT2D eigenvalue weighted by molar-refractivity contribution is 5.67. The van der Waals surface area contributed by atoms with Crippen molar-refractivity contribution in [1.29, 1.82) is 0 Å². The molecule has 3 aromatic heterocycles. The van der Waals surface area contributed by atoms with Crippen LogP contribution in [-0.4, -0.2) is 45.3 Å². The largest absolute Gasteiger partial charge is 0.355 e. The average Bonchev–Trinajstić information content (AvgIpc) is 3.05. The lowest BCUT2D eigenvalue weighted by Crippen LogP contribution is -2.28. The number of anilines is 1. The summed E-state index contributed by atoms with van der Waals surface area (Å²) in [5.41, 5.74) is 3.25. The predicted molar refractivity (Wildman–Crippen MR) is 87.1 cm³/mol. The second-order valence-electron chi connectivity index (χ2n) is 5.75. The Morgan fingerprint density at radius 3 is 2.95 bits per heavy atom. The quantitative estimate of drug-likeness (QED) is 0.779. The predicted octanol–water partition coefficient (Wildman–Crippen LogP) is 1.53. The lowest BCUT2D eigenvalue weighted by Gasteiger charge is -2.21. The fraction of sp³-hybridized carbons (Fsp3) is 0.375. The Morgan fingerprint density at radius 2 is 2.09 bits per heavy atom. The number of hydrogen-bond donors (Lipinski definition) is 1. The average molecular weight is 296 g/mol. The van der Waals surface area contributed by atoms with Gasteiger partial charge in [0.25, 0.3) is 0 Å². The van der Waals surface area contributed by atoms with Gasteiger partial charge in [-0.3, -0.25) is 9.08 Å². The van der Waals surface area contributed by atoms with Crippen LogP contribution in [0, 0.1) is 0 Å². The summed E-state index contributed by atoms with van der Waals surface area (Å²) in [6, 6.07) is 4.25. The van der Waals surface area contributed by atoms with Gasteiger partial charge >= 0.3 is 0 Å². The van der Waals surface area contributed by atoms with E-state index in [4.69, 9.17) is 0 Å². The van der Waals surface area contributed by atoms with Gasteiger partial charge in [-0.05, 0) is 30.7 Å². The fourth-order valence-corrected chi connectivity index (χ4v) is 3.03. The van der Waals surface area contributed by atoms with Gasteiger partial charge in [-0.2, -0.15) is 5.10 Å². The molecule has 1 saturated heterocycles. The summed E-state index contributed by atoms with van der Waals surface area (Å²) in [7, 11) is 1.93. The van der Waals surface area contributed by atoms with Crippen molar-refractivity contribution in [1.82, 2.24) is 24.5 Å². The van der Waals surface area contributed by atoms with Gasteiger partial charge in [0.15, 0.2) is 0 Å². The maximum Gasteiger partial charge on any atom is 0.138 e. The Morgan fingerprint density at radius 1 is 1.14 bits per heavy atom. The van der Waals surface area contributed by atoms with Gasteiger partial charge < -0.3 is 10.2 Å². The van der Waals surface area contributed by atoms with E-state index in [1.807, 2.05) is 30.3 Å². The fourth-order valence-electron chi connectivity index (χ4n) is 3.03. The summed E-state index contributed by atoms with van der Waals surface area (Å²) in [6.45, 7) is 4.22. The van der Waals surface area contributed by atoms with Crippen LogP contribution in [0.3, 0.4) is 0 Å². The van der Waals surface area contributed by atoms with Gasteiger partial charge in [-0.15, -0.1) is 0 Å². The van der Waals surface area contributed by atoms with E-state index in [0.29, 0.717) is 0 Å². The molecule has 0 amide bonds. The van der Waals surface area contributed by atoms with E-state index >= 15 is 0 Å². The molecule has 3 aromatic rings. The Kier molecular flexibility index (Phi) is 3.31. The second-order valence-corrected chi connectivity index (χ2v) is 5.75. The van der Waals surface area contributed by atoms with Crippen LogP contribution in [0.2, 0.25) is 0 Å². The molecular formula is C16H20N6. The number of aryl methyl sites for hydroxylation is 1. The van der Waals surface area contributed by atoms with E-state index in [0.717, 1.165) is 43.0 Å². The zero-order chi connectivity index (χ0) is 14.9. The molecule has 0 radical (unpaired) electrons. The van der Waals surface area contributed by atoms with Crippen LogP contribution in [0.1, 0.15) is 6.42 Å². The molecule has 22 heavy (non-hydrogen) atoms. The maximum atomic E-state index is 4.59. The van der Waals surface area contributed by atoms with Crippen LogP contribution >= 0.6 is 0 Å². The van der Waals surface area contributed by atoms with Gasteiger partial charge in [0.2, 0.25) is 0 Å². The van der Waals surface area contributed by atoms with Crippen molar-refractivity contribution in [3.8, 4) is 11.1 Å². The van der Waals surface area contributed by atoms with Crippen LogP contribution in [-0.2, 0) is 7.05 Å². The summed E-state index contributed by atoms with van der Waals surface area (Å²) in [4.78, 5) is 7.00. The molecule has 114 valence electrons. The van der Waals surface area contributed by atoms with Crippen molar-refractivity contribution in [2.75, 3.05) is 31.1 Å². The highest BCUT2D eigenvalue weighted by Gasteiger charge is 2.14. The number of nitrogens with zero attached hydrogens (tertiary/aromatic N) is 5. The zero-order valence-corrected chi connectivity index (χ0v) is 12.7. The smallest absolute Gasteiger partial charge is 0.138 e. The maximum absolute atomic E-state index is 4.59. The van der Waals surface area contributed by atoms with Crippen LogP contribution < -0.4 is 10.2 Å². The van der Waals surface area contributed by atoms with Gasteiger partial charge in [0.1, 0.15) is 11.5 Å². The third-order valence-electron chi connectivity index (χ3n) is 4.20. The molecule has 1 aliphatic heterocycles. The number of aromatic nitrogens is 4. The van der Waals surface area contributed by atoms with Crippen LogP contribution in [0.15, 0.2) is 36.9 Å². The minimum Gasteiger partial charge on any atom is -0.355 e. The van der Waals surface area contributed by atoms with Crippen molar-refractivity contribution in [3.63, 3.8) is 0 Å². The molecule has 1 N–H and O–H groups in total. The molecule has 0 spiro atoms. The molecule has 0 bridgehead atoms. The Bertz CT molecular complexity index is 779. The van der Waals surface area contributed by atoms with E-state index in [-0.39, 0.29) is 0 Å². The zero-order valence-electron chi connectivity index (χ0n) is 12.7. The highest BCUT2D eigenvalue weighted by Crippen LogP contribution is 2.23. The molecule has 6 heteroatoms. The number of nitrogens with one attached hydrogen (secondary N) is 1. The molecule has 1 aliphatic rings. The van der Waals surface area contributed by atoms with Crippen molar-refractivity contribution in [2.24, 2.45) is 7.05 Å². The van der Waals surface area contributed by atoms with Gasteiger partial charge in [0, 0.05) is 44.6 Å². The molecule has 0 saturated carbocycles. The molecule has 4 rings (SSSR count). The Hall–Kier alpha value is -2.34. The number of imidazole rings is 1. The Balaban J connectivity index is 1.70. The van der Waals surface area contributed by atoms with E-state index in [9.17, 15) is 0 Å². The SMILES string of the molecule is Cn1cc(-c2ccn3c(N4CCCNCC4)cnc3c2)cn1. The summed E-state index contributed by atoms with van der Waals surface area (Å²) in [5.74, 6) is 1.18. The summed E-state index contributed by atoms with van der Waals surface area (Å²) < 4.78 is 3.99. The van der Waals surface area contributed by atoms with E-state index < -0.39 is 0 Å². The summed E-state index contributed by atoms with van der Waals surface area (Å²) >= 11 is 0. The topological polar surface area (TPSA) is 50.4 Å². The molecular weight excluding hydrogens is 276 g/mol. The summed E-state index contributed by atoms with van der Waals surface area (Å²) in [5, 5.41) is 7.68. The number of hydrogen-bond acceptors (Lipinski definition) is 4. The molecule has 6 nitrogen and oxygen atoms in total. The molecule has 4 heterocycles. The van der Waals surface area contributed by atoms with Gasteiger partial charge in [-0.1, -0.05) is 0 Å². The van der Waals surface area contributed by atoms with Crippen LogP contribution in [0.5, 0.6) is 0 Å². The standard InChI is InChI=1S/C16H20N6/c1-20-12-14(10-19-20)13-3-7-22-15(9-13)18-11-16(22)21-6-2-4-17-5-8-21/h3,7,9-12,17H,2,4-6,8H2,1H3. The number of fused-ring (bicyclic) bond motifs is 1. The van der Waals surface area contributed by atoms with Crippen molar-refractivity contribution in [3.05, 3.63) is 36.9 Å². The lowest BCUT2D eigenvalue weighted by molar-refractivity contribution is 0.724. The monoisotopic (exact) mass is 296 g/mol. The highest BCUT2D eigenvalue weighted by atomic mass is 15.3. The van der Waals surface area contributed by atoms with Crippen molar-refractivity contribution < 1.29 is 0 Å². The third-order valence-corrected chi connectivity index (χ3v) is 4.20. The van der Waals surface area contributed by atoms with Crippen molar-refractivity contribution in [2.45, 2.75) is 6.42 Å². The molecule has 1 fully saturated rings. The minimum absolute atomic E-state index is 0.980. The van der Waals surface area contributed by atoms with E-state index in [2.05, 4.69) is 43.0 Å². The van der Waals surface area contributed by atoms with Crippen LogP contribution in [0.25, 0.3) is 16.8 Å². The van der Waals surface area contributed by atoms with E-state index in [1.54, 1.807) is 0 Å². The first-order valence-electron chi connectivity index (χ1n) is 7.73. The number of pyridine rings is 1. The molecule has 0 atom stereocenters. The number of rotatable bonds is 2. The molecule has 0 aliphatic carbocycles. The van der Waals surface area contributed by atoms with Gasteiger partial charge in [0.05, 0.1) is 12.4 Å². The van der Waals surface area contributed by atoms with Crippen molar-refractivity contribution >= 4 is 11.5 Å². The van der Waals surface area contributed by atoms with Gasteiger partial charge in [-0.25, -0.2) is 4.98 Å². The second kappa shape index (κ2) is 5.46. The minimum atomic E-state index is 0.980. The van der Waals surface area contributed by atoms with E-state index in [1.165, 1.54) is 12.2 Å². The lowest BCUT2D eigenvalue weighted by atomic mass is 10.1. The van der Waals surface area contributed by atoms with Crippen LogP contribution in [0.4, 0.5) is 5.82 Å². The summed E-state index contributed by atoms with van der Waals surface area (Å²) in [6.07, 6.45) is 9.17. The first-order valence-corrected chi connectivity index (χ1v) is 7.73. The normalized spacial score (nSPS) is 16.1. The molecule has 0 unspecified atom stereocenters.